The minimum absolute atomic E-state index is 0.563. The van der Waals surface area contributed by atoms with Gasteiger partial charge in [-0.05, 0) is 19.1 Å². The van der Waals surface area contributed by atoms with Gasteiger partial charge in [0.2, 0.25) is 5.88 Å². The van der Waals surface area contributed by atoms with Crippen molar-refractivity contribution in [1.82, 2.24) is 9.78 Å². The zero-order chi connectivity index (χ0) is 14.7. The van der Waals surface area contributed by atoms with E-state index in [1.165, 1.54) is 0 Å². The van der Waals surface area contributed by atoms with Gasteiger partial charge in [0.1, 0.15) is 6.04 Å². The van der Waals surface area contributed by atoms with Crippen LogP contribution in [0.5, 0.6) is 5.88 Å². The average molecular weight is 291 g/mol. The lowest BCUT2D eigenvalue weighted by Gasteiger charge is -2.15. The molecule has 1 atom stereocenters. The van der Waals surface area contributed by atoms with Gasteiger partial charge in [0.05, 0.1) is 35.1 Å². The molecule has 0 aliphatic carbocycles. The maximum absolute atomic E-state index is 9.44. The van der Waals surface area contributed by atoms with Crippen LogP contribution in [-0.4, -0.2) is 16.9 Å². The molecule has 0 radical (unpaired) electrons. The highest BCUT2D eigenvalue weighted by Crippen LogP contribution is 2.32. The average Bonchev–Trinajstić information content (AvgIpc) is 2.72. The largest absolute Gasteiger partial charge is 0.481 e. The molecule has 0 bridgehead atoms. The highest BCUT2D eigenvalue weighted by Gasteiger charge is 2.23. The van der Waals surface area contributed by atoms with Crippen LogP contribution < -0.4 is 10.1 Å². The van der Waals surface area contributed by atoms with E-state index in [9.17, 15) is 5.26 Å². The molecule has 1 N–H and O–H groups in total. The van der Waals surface area contributed by atoms with E-state index in [2.05, 4.69) is 16.5 Å². The van der Waals surface area contributed by atoms with Gasteiger partial charge in [0, 0.05) is 7.05 Å². The van der Waals surface area contributed by atoms with Crippen molar-refractivity contribution < 1.29 is 4.74 Å². The van der Waals surface area contributed by atoms with Gasteiger partial charge in [-0.3, -0.25) is 0 Å². The van der Waals surface area contributed by atoms with E-state index in [-0.39, 0.29) is 0 Å². The number of halogens is 1. The summed E-state index contributed by atoms with van der Waals surface area (Å²) in [5.41, 5.74) is 2.17. The lowest BCUT2D eigenvalue weighted by molar-refractivity contribution is 0.369. The van der Waals surface area contributed by atoms with E-state index >= 15 is 0 Å². The second-order valence-corrected chi connectivity index (χ2v) is 4.73. The fraction of sp³-hybridized carbons (Fsp3) is 0.286. The molecule has 5 nitrogen and oxygen atoms in total. The maximum Gasteiger partial charge on any atom is 0.218 e. The monoisotopic (exact) mass is 290 g/mol. The smallest absolute Gasteiger partial charge is 0.218 e. The number of methoxy groups -OCH3 is 1. The normalized spacial score (nSPS) is 11.8. The third-order valence-corrected chi connectivity index (χ3v) is 3.33. The number of hydrogen-bond donors (Lipinski definition) is 1. The Morgan fingerprint density at radius 1 is 1.45 bits per heavy atom. The predicted molar refractivity (Wildman–Crippen MR) is 77.9 cm³/mol. The number of ether oxygens (including phenoxy) is 1. The molecule has 0 fully saturated rings. The van der Waals surface area contributed by atoms with Crippen molar-refractivity contribution in [2.45, 2.75) is 13.0 Å². The highest BCUT2D eigenvalue weighted by molar-refractivity contribution is 6.33. The van der Waals surface area contributed by atoms with Crippen LogP contribution in [0.2, 0.25) is 5.02 Å². The van der Waals surface area contributed by atoms with E-state index < -0.39 is 6.04 Å². The molecule has 104 valence electrons. The summed E-state index contributed by atoms with van der Waals surface area (Å²) in [6.45, 7) is 1.84. The lowest BCUT2D eigenvalue weighted by atomic mass is 10.1. The van der Waals surface area contributed by atoms with Crippen molar-refractivity contribution in [3.63, 3.8) is 0 Å². The van der Waals surface area contributed by atoms with Gasteiger partial charge in [0.25, 0.3) is 0 Å². The first-order valence-electron chi connectivity index (χ1n) is 6.06. The van der Waals surface area contributed by atoms with Crippen molar-refractivity contribution >= 4 is 17.3 Å². The van der Waals surface area contributed by atoms with Crippen molar-refractivity contribution in [2.24, 2.45) is 7.05 Å². The van der Waals surface area contributed by atoms with Gasteiger partial charge in [-0.2, -0.15) is 10.4 Å². The number of anilines is 1. The Morgan fingerprint density at radius 2 is 2.15 bits per heavy atom. The lowest BCUT2D eigenvalue weighted by Crippen LogP contribution is -2.11. The van der Waals surface area contributed by atoms with E-state index in [0.29, 0.717) is 16.6 Å². The molecule has 1 aromatic heterocycles. The fourth-order valence-electron chi connectivity index (χ4n) is 2.13. The van der Waals surface area contributed by atoms with Gasteiger partial charge >= 0.3 is 0 Å². The van der Waals surface area contributed by atoms with E-state index in [1.54, 1.807) is 24.9 Å². The summed E-state index contributed by atoms with van der Waals surface area (Å²) < 4.78 is 6.94. The van der Waals surface area contributed by atoms with Crippen LogP contribution in [0.3, 0.4) is 0 Å². The molecule has 6 heteroatoms. The third kappa shape index (κ3) is 2.56. The summed E-state index contributed by atoms with van der Waals surface area (Å²) >= 11 is 6.11. The molecular weight excluding hydrogens is 276 g/mol. The number of para-hydroxylation sites is 1. The molecule has 0 aliphatic rings. The summed E-state index contributed by atoms with van der Waals surface area (Å²) in [5, 5.41) is 17.4. The van der Waals surface area contributed by atoms with Crippen molar-refractivity contribution in [2.75, 3.05) is 12.4 Å². The molecule has 2 rings (SSSR count). The zero-order valence-corrected chi connectivity index (χ0v) is 12.3. The van der Waals surface area contributed by atoms with Crippen LogP contribution >= 0.6 is 11.6 Å². The van der Waals surface area contributed by atoms with Crippen molar-refractivity contribution in [1.29, 1.82) is 5.26 Å². The molecule has 2 aromatic rings. The first-order chi connectivity index (χ1) is 9.58. The Kier molecular flexibility index (Phi) is 4.16. The Labute approximate surface area is 122 Å². The minimum Gasteiger partial charge on any atom is -0.481 e. The van der Waals surface area contributed by atoms with Gasteiger partial charge < -0.3 is 10.1 Å². The van der Waals surface area contributed by atoms with Gasteiger partial charge in [-0.25, -0.2) is 4.68 Å². The van der Waals surface area contributed by atoms with Crippen LogP contribution in [0.25, 0.3) is 0 Å². The molecule has 0 saturated heterocycles. The standard InChI is InChI=1S/C14H15ClN4O/c1-9-13(14(20-3)19(2)18-9)12(8-16)17-11-7-5-4-6-10(11)15/h4-7,12,17H,1-3H3. The number of hydrogen-bond acceptors (Lipinski definition) is 4. The number of aromatic nitrogens is 2. The molecule has 0 aliphatic heterocycles. The summed E-state index contributed by atoms with van der Waals surface area (Å²) in [6.07, 6.45) is 0. The Morgan fingerprint density at radius 3 is 2.75 bits per heavy atom. The van der Waals surface area contributed by atoms with Crippen LogP contribution in [-0.2, 0) is 7.05 Å². The molecule has 20 heavy (non-hydrogen) atoms. The van der Waals surface area contributed by atoms with Crippen LogP contribution in [0.1, 0.15) is 17.3 Å². The number of nitrogens with one attached hydrogen (secondary N) is 1. The predicted octanol–water partition coefficient (Wildman–Crippen LogP) is 3.07. The summed E-state index contributed by atoms with van der Waals surface area (Å²) in [7, 11) is 3.34. The second kappa shape index (κ2) is 5.85. The highest BCUT2D eigenvalue weighted by atomic mass is 35.5. The van der Waals surface area contributed by atoms with E-state index in [0.717, 1.165) is 11.3 Å². The Hall–Kier alpha value is -2.19. The van der Waals surface area contributed by atoms with Crippen LogP contribution in [0.15, 0.2) is 24.3 Å². The second-order valence-electron chi connectivity index (χ2n) is 4.32. The Bertz CT molecular complexity index is 660. The molecule has 1 aromatic carbocycles. The number of nitriles is 1. The van der Waals surface area contributed by atoms with Crippen molar-refractivity contribution in [3.05, 3.63) is 40.5 Å². The summed E-state index contributed by atoms with van der Waals surface area (Å²) in [5.74, 6) is 0.564. The van der Waals surface area contributed by atoms with Crippen molar-refractivity contribution in [3.8, 4) is 11.9 Å². The van der Waals surface area contributed by atoms with Gasteiger partial charge in [0.15, 0.2) is 0 Å². The Balaban J connectivity index is 2.40. The van der Waals surface area contributed by atoms with Crippen LogP contribution in [0.4, 0.5) is 5.69 Å². The molecule has 1 heterocycles. The number of aryl methyl sites for hydroxylation is 2. The van der Waals surface area contributed by atoms with Gasteiger partial charge in [-0.15, -0.1) is 0 Å². The molecular formula is C14H15ClN4O. The third-order valence-electron chi connectivity index (χ3n) is 3.00. The van der Waals surface area contributed by atoms with Gasteiger partial charge in [-0.1, -0.05) is 23.7 Å². The first kappa shape index (κ1) is 14.2. The summed E-state index contributed by atoms with van der Waals surface area (Å²) in [6, 6.07) is 8.92. The van der Waals surface area contributed by atoms with Crippen LogP contribution in [0, 0.1) is 18.3 Å². The molecule has 0 saturated carbocycles. The first-order valence-corrected chi connectivity index (χ1v) is 6.44. The minimum atomic E-state index is -0.585. The fourth-order valence-corrected chi connectivity index (χ4v) is 2.32. The topological polar surface area (TPSA) is 62.9 Å². The number of nitrogens with zero attached hydrogens (tertiary/aromatic N) is 3. The molecule has 0 amide bonds. The maximum atomic E-state index is 9.44. The summed E-state index contributed by atoms with van der Waals surface area (Å²) in [4.78, 5) is 0. The SMILES string of the molecule is COc1c(C(C#N)Nc2ccccc2Cl)c(C)nn1C. The molecule has 1 unspecified atom stereocenters. The molecule has 0 spiro atoms. The quantitative estimate of drug-likeness (QED) is 0.940. The van der Waals surface area contributed by atoms with E-state index in [4.69, 9.17) is 16.3 Å². The number of rotatable bonds is 4. The zero-order valence-electron chi connectivity index (χ0n) is 11.5. The number of benzene rings is 1. The van der Waals surface area contributed by atoms with E-state index in [1.807, 2.05) is 25.1 Å².